The van der Waals surface area contributed by atoms with Gasteiger partial charge in [0.25, 0.3) is 0 Å². The van der Waals surface area contributed by atoms with Gasteiger partial charge in [-0.15, -0.1) is 0 Å². The van der Waals surface area contributed by atoms with Gasteiger partial charge in [0.2, 0.25) is 5.91 Å². The zero-order chi connectivity index (χ0) is 13.5. The standard InChI is InChI=1S/C15H23NO2/c1-4-5-15(18)16-10-14(17)13-8-6-12(7-9-13)11(2)3/h6-9,11,14,17H,4-5,10H2,1-3H3,(H,16,18). The summed E-state index contributed by atoms with van der Waals surface area (Å²) in [5.41, 5.74) is 2.09. The summed E-state index contributed by atoms with van der Waals surface area (Å²) in [4.78, 5) is 11.3. The second-order valence-corrected chi connectivity index (χ2v) is 4.89. The zero-order valence-corrected chi connectivity index (χ0v) is 11.4. The highest BCUT2D eigenvalue weighted by atomic mass is 16.3. The Morgan fingerprint density at radius 3 is 2.28 bits per heavy atom. The molecule has 0 aliphatic rings. The summed E-state index contributed by atoms with van der Waals surface area (Å²) >= 11 is 0. The largest absolute Gasteiger partial charge is 0.387 e. The normalized spacial score (nSPS) is 12.5. The smallest absolute Gasteiger partial charge is 0.220 e. The molecule has 1 rings (SSSR count). The molecule has 0 aromatic heterocycles. The molecule has 1 aromatic rings. The van der Waals surface area contributed by atoms with Crippen molar-refractivity contribution in [1.82, 2.24) is 5.32 Å². The van der Waals surface area contributed by atoms with E-state index in [4.69, 9.17) is 0 Å². The Balaban J connectivity index is 2.51. The number of rotatable bonds is 6. The monoisotopic (exact) mass is 249 g/mol. The van der Waals surface area contributed by atoms with Crippen LogP contribution in [0.1, 0.15) is 56.8 Å². The van der Waals surface area contributed by atoms with Crippen molar-refractivity contribution in [3.63, 3.8) is 0 Å². The predicted octanol–water partition coefficient (Wildman–Crippen LogP) is 2.76. The van der Waals surface area contributed by atoms with Gasteiger partial charge in [0.05, 0.1) is 6.10 Å². The van der Waals surface area contributed by atoms with E-state index in [1.165, 1.54) is 5.56 Å². The fraction of sp³-hybridized carbons (Fsp3) is 0.533. The molecule has 0 spiro atoms. The van der Waals surface area contributed by atoms with Crippen molar-refractivity contribution in [1.29, 1.82) is 0 Å². The Morgan fingerprint density at radius 1 is 1.22 bits per heavy atom. The molecule has 2 N–H and O–H groups in total. The molecule has 3 nitrogen and oxygen atoms in total. The zero-order valence-electron chi connectivity index (χ0n) is 11.4. The third-order valence-corrected chi connectivity index (χ3v) is 2.96. The Hall–Kier alpha value is -1.35. The number of carbonyl (C=O) groups excluding carboxylic acids is 1. The van der Waals surface area contributed by atoms with Crippen molar-refractivity contribution in [2.24, 2.45) is 0 Å². The molecular weight excluding hydrogens is 226 g/mol. The summed E-state index contributed by atoms with van der Waals surface area (Å²) in [6.45, 7) is 6.51. The maximum absolute atomic E-state index is 11.3. The molecule has 0 aliphatic carbocycles. The lowest BCUT2D eigenvalue weighted by Crippen LogP contribution is -2.27. The third-order valence-electron chi connectivity index (χ3n) is 2.96. The van der Waals surface area contributed by atoms with Crippen LogP contribution in [0.25, 0.3) is 0 Å². The van der Waals surface area contributed by atoms with E-state index in [9.17, 15) is 9.90 Å². The number of aliphatic hydroxyl groups excluding tert-OH is 1. The second kappa shape index (κ2) is 7.17. The first-order valence-electron chi connectivity index (χ1n) is 6.59. The lowest BCUT2D eigenvalue weighted by molar-refractivity contribution is -0.121. The fourth-order valence-electron chi connectivity index (χ4n) is 1.75. The van der Waals surface area contributed by atoms with E-state index in [1.54, 1.807) is 0 Å². The average molecular weight is 249 g/mol. The molecule has 100 valence electrons. The van der Waals surface area contributed by atoms with Crippen LogP contribution < -0.4 is 5.32 Å². The highest BCUT2D eigenvalue weighted by Crippen LogP contribution is 2.18. The quantitative estimate of drug-likeness (QED) is 0.814. The molecule has 18 heavy (non-hydrogen) atoms. The van der Waals surface area contributed by atoms with Crippen LogP contribution in [-0.4, -0.2) is 17.6 Å². The van der Waals surface area contributed by atoms with Crippen molar-refractivity contribution >= 4 is 5.91 Å². The van der Waals surface area contributed by atoms with Crippen LogP contribution in [0.5, 0.6) is 0 Å². The highest BCUT2D eigenvalue weighted by molar-refractivity contribution is 5.75. The topological polar surface area (TPSA) is 49.3 Å². The van der Waals surface area contributed by atoms with Gasteiger partial charge in [0, 0.05) is 13.0 Å². The first-order valence-corrected chi connectivity index (χ1v) is 6.59. The van der Waals surface area contributed by atoms with E-state index in [0.29, 0.717) is 12.3 Å². The summed E-state index contributed by atoms with van der Waals surface area (Å²) in [6.07, 6.45) is 0.705. The lowest BCUT2D eigenvalue weighted by atomic mass is 10.00. The maximum atomic E-state index is 11.3. The number of hydrogen-bond donors (Lipinski definition) is 2. The number of nitrogens with one attached hydrogen (secondary N) is 1. The summed E-state index contributed by atoms with van der Waals surface area (Å²) < 4.78 is 0. The lowest BCUT2D eigenvalue weighted by Gasteiger charge is -2.13. The van der Waals surface area contributed by atoms with Crippen molar-refractivity contribution in [3.8, 4) is 0 Å². The molecular formula is C15H23NO2. The van der Waals surface area contributed by atoms with Crippen molar-refractivity contribution in [2.75, 3.05) is 6.54 Å². The number of benzene rings is 1. The van der Waals surface area contributed by atoms with Gasteiger partial charge in [0.15, 0.2) is 0 Å². The highest BCUT2D eigenvalue weighted by Gasteiger charge is 2.09. The predicted molar refractivity (Wildman–Crippen MR) is 73.4 cm³/mol. The van der Waals surface area contributed by atoms with Crippen molar-refractivity contribution < 1.29 is 9.90 Å². The summed E-state index contributed by atoms with van der Waals surface area (Å²) in [7, 11) is 0. The Bertz CT molecular complexity index is 371. The number of carbonyl (C=O) groups is 1. The van der Waals surface area contributed by atoms with Gasteiger partial charge in [-0.05, 0) is 23.5 Å². The minimum atomic E-state index is -0.632. The van der Waals surface area contributed by atoms with Gasteiger partial charge in [-0.25, -0.2) is 0 Å². The van der Waals surface area contributed by atoms with E-state index in [2.05, 4.69) is 19.2 Å². The average Bonchev–Trinajstić information content (AvgIpc) is 2.36. The van der Waals surface area contributed by atoms with Gasteiger partial charge in [-0.1, -0.05) is 45.0 Å². The van der Waals surface area contributed by atoms with Crippen molar-refractivity contribution in [3.05, 3.63) is 35.4 Å². The van der Waals surface area contributed by atoms with E-state index in [0.717, 1.165) is 12.0 Å². The number of aliphatic hydroxyl groups is 1. The molecule has 3 heteroatoms. The summed E-state index contributed by atoms with van der Waals surface area (Å²) in [5, 5.41) is 12.7. The molecule has 0 saturated carbocycles. The minimum absolute atomic E-state index is 0.00431. The van der Waals surface area contributed by atoms with E-state index in [-0.39, 0.29) is 12.5 Å². The molecule has 1 amide bonds. The Morgan fingerprint density at radius 2 is 1.78 bits per heavy atom. The molecule has 1 unspecified atom stereocenters. The minimum Gasteiger partial charge on any atom is -0.387 e. The Labute approximate surface area is 109 Å². The fourth-order valence-corrected chi connectivity index (χ4v) is 1.75. The van der Waals surface area contributed by atoms with E-state index < -0.39 is 6.10 Å². The van der Waals surface area contributed by atoms with Crippen LogP contribution >= 0.6 is 0 Å². The van der Waals surface area contributed by atoms with Gasteiger partial charge in [0.1, 0.15) is 0 Å². The van der Waals surface area contributed by atoms with Crippen LogP contribution in [0.15, 0.2) is 24.3 Å². The molecule has 0 saturated heterocycles. The molecule has 0 bridgehead atoms. The summed E-state index contributed by atoms with van der Waals surface area (Å²) in [5.74, 6) is 0.482. The van der Waals surface area contributed by atoms with Gasteiger partial charge < -0.3 is 10.4 Å². The molecule has 1 aromatic carbocycles. The maximum Gasteiger partial charge on any atom is 0.220 e. The number of amides is 1. The molecule has 0 radical (unpaired) electrons. The molecule has 1 atom stereocenters. The first kappa shape index (κ1) is 14.7. The molecule has 0 heterocycles. The van der Waals surface area contributed by atoms with Crippen LogP contribution in [-0.2, 0) is 4.79 Å². The van der Waals surface area contributed by atoms with Crippen LogP contribution in [0, 0.1) is 0 Å². The first-order chi connectivity index (χ1) is 8.54. The SMILES string of the molecule is CCCC(=O)NCC(O)c1ccc(C(C)C)cc1. The van der Waals surface area contributed by atoms with Gasteiger partial charge in [-0.2, -0.15) is 0 Å². The van der Waals surface area contributed by atoms with E-state index in [1.807, 2.05) is 31.2 Å². The van der Waals surface area contributed by atoms with Crippen LogP contribution in [0.2, 0.25) is 0 Å². The van der Waals surface area contributed by atoms with Gasteiger partial charge >= 0.3 is 0 Å². The van der Waals surface area contributed by atoms with Crippen LogP contribution in [0.4, 0.5) is 0 Å². The van der Waals surface area contributed by atoms with Crippen molar-refractivity contribution in [2.45, 2.75) is 45.6 Å². The molecule has 0 aliphatic heterocycles. The van der Waals surface area contributed by atoms with Crippen LogP contribution in [0.3, 0.4) is 0 Å². The number of hydrogen-bond acceptors (Lipinski definition) is 2. The molecule has 0 fully saturated rings. The second-order valence-electron chi connectivity index (χ2n) is 4.89. The van der Waals surface area contributed by atoms with Gasteiger partial charge in [-0.3, -0.25) is 4.79 Å². The van der Waals surface area contributed by atoms with E-state index >= 15 is 0 Å². The third kappa shape index (κ3) is 4.49. The Kier molecular flexibility index (Phi) is 5.86. The summed E-state index contributed by atoms with van der Waals surface area (Å²) in [6, 6.07) is 7.89.